The van der Waals surface area contributed by atoms with Gasteiger partial charge in [0.1, 0.15) is 0 Å². The normalized spacial score (nSPS) is 12.4. The maximum Gasteiger partial charge on any atom is 0.154 e. The molecule has 0 spiro atoms. The first-order chi connectivity index (χ1) is 8.69. The monoisotopic (exact) mass is 255 g/mol. The molecule has 18 heavy (non-hydrogen) atoms. The van der Waals surface area contributed by atoms with E-state index in [-0.39, 0.29) is 13.2 Å². The van der Waals surface area contributed by atoms with E-state index in [1.54, 1.807) is 6.07 Å². The number of hydrogen-bond acceptors (Lipinski definition) is 5. The van der Waals surface area contributed by atoms with Gasteiger partial charge in [-0.2, -0.15) is 0 Å². The summed E-state index contributed by atoms with van der Waals surface area (Å²) >= 11 is 0. The van der Waals surface area contributed by atoms with Crippen molar-refractivity contribution >= 4 is 5.69 Å². The average Bonchev–Trinajstić information content (AvgIpc) is 2.42. The fourth-order valence-electron chi connectivity index (χ4n) is 1.67. The van der Waals surface area contributed by atoms with E-state index >= 15 is 0 Å². The van der Waals surface area contributed by atoms with Gasteiger partial charge in [0.05, 0.1) is 13.2 Å². The molecule has 0 aliphatic carbocycles. The summed E-state index contributed by atoms with van der Waals surface area (Å²) < 4.78 is 4.74. The minimum absolute atomic E-state index is 0.0507. The fourth-order valence-corrected chi connectivity index (χ4v) is 1.67. The molecule has 0 aromatic heterocycles. The molecular formula is C13H21NO4. The SMILES string of the molecule is COC(O)CCCNc1cc(CO)cc(CO)c1. The highest BCUT2D eigenvalue weighted by Crippen LogP contribution is 2.15. The number of rotatable bonds is 8. The molecule has 1 aromatic rings. The Labute approximate surface area is 107 Å². The van der Waals surface area contributed by atoms with Crippen molar-refractivity contribution < 1.29 is 20.1 Å². The Morgan fingerprint density at radius 2 is 1.78 bits per heavy atom. The molecule has 0 saturated carbocycles. The maximum absolute atomic E-state index is 9.20. The smallest absolute Gasteiger partial charge is 0.154 e. The minimum Gasteiger partial charge on any atom is -0.392 e. The van der Waals surface area contributed by atoms with E-state index in [1.165, 1.54) is 7.11 Å². The molecule has 1 atom stereocenters. The second-order valence-electron chi connectivity index (χ2n) is 4.11. The predicted octanol–water partition coefficient (Wildman–Crippen LogP) is 0.828. The number of aliphatic hydroxyl groups excluding tert-OH is 3. The van der Waals surface area contributed by atoms with Gasteiger partial charge in [-0.25, -0.2) is 0 Å². The molecule has 0 aliphatic rings. The van der Waals surface area contributed by atoms with Gasteiger partial charge in [0.25, 0.3) is 0 Å². The zero-order chi connectivity index (χ0) is 13.4. The molecule has 1 aromatic carbocycles. The zero-order valence-corrected chi connectivity index (χ0v) is 10.6. The largest absolute Gasteiger partial charge is 0.392 e. The van der Waals surface area contributed by atoms with Gasteiger partial charge in [0.15, 0.2) is 6.29 Å². The van der Waals surface area contributed by atoms with Crippen LogP contribution in [0, 0.1) is 0 Å². The minimum atomic E-state index is -0.719. The van der Waals surface area contributed by atoms with Crippen molar-refractivity contribution in [3.8, 4) is 0 Å². The molecule has 4 N–H and O–H groups in total. The van der Waals surface area contributed by atoms with Gasteiger partial charge in [-0.05, 0) is 36.1 Å². The summed E-state index contributed by atoms with van der Waals surface area (Å²) in [4.78, 5) is 0. The molecule has 0 aliphatic heterocycles. The molecule has 0 amide bonds. The van der Waals surface area contributed by atoms with Gasteiger partial charge >= 0.3 is 0 Å². The van der Waals surface area contributed by atoms with Crippen LogP contribution >= 0.6 is 0 Å². The van der Waals surface area contributed by atoms with E-state index < -0.39 is 6.29 Å². The summed E-state index contributed by atoms with van der Waals surface area (Å²) in [6.07, 6.45) is 0.617. The first-order valence-electron chi connectivity index (χ1n) is 5.99. The summed E-state index contributed by atoms with van der Waals surface area (Å²) in [5.74, 6) is 0. The van der Waals surface area contributed by atoms with Crippen LogP contribution in [0.5, 0.6) is 0 Å². The van der Waals surface area contributed by atoms with Gasteiger partial charge in [-0.15, -0.1) is 0 Å². The van der Waals surface area contributed by atoms with Crippen molar-refractivity contribution in [3.05, 3.63) is 29.3 Å². The molecule has 0 saturated heterocycles. The van der Waals surface area contributed by atoms with Crippen LogP contribution in [0.25, 0.3) is 0 Å². The van der Waals surface area contributed by atoms with Gasteiger partial charge in [-0.1, -0.05) is 6.07 Å². The predicted molar refractivity (Wildman–Crippen MR) is 69.0 cm³/mol. The highest BCUT2D eigenvalue weighted by atomic mass is 16.6. The maximum atomic E-state index is 9.20. The molecule has 1 rings (SSSR count). The lowest BCUT2D eigenvalue weighted by Crippen LogP contribution is -2.11. The first-order valence-corrected chi connectivity index (χ1v) is 5.99. The van der Waals surface area contributed by atoms with Gasteiger partial charge in [0, 0.05) is 19.3 Å². The lowest BCUT2D eigenvalue weighted by Gasteiger charge is -2.11. The second-order valence-corrected chi connectivity index (χ2v) is 4.11. The quantitative estimate of drug-likeness (QED) is 0.408. The van der Waals surface area contributed by atoms with Crippen LogP contribution in [0.1, 0.15) is 24.0 Å². The number of aliphatic hydroxyl groups is 3. The van der Waals surface area contributed by atoms with Crippen LogP contribution in [0.15, 0.2) is 18.2 Å². The van der Waals surface area contributed by atoms with Gasteiger partial charge in [0.2, 0.25) is 0 Å². The zero-order valence-electron chi connectivity index (χ0n) is 10.6. The Balaban J connectivity index is 2.46. The topological polar surface area (TPSA) is 82.0 Å². The third-order valence-electron chi connectivity index (χ3n) is 2.65. The summed E-state index contributed by atoms with van der Waals surface area (Å²) in [6, 6.07) is 5.44. The Hall–Kier alpha value is -1.14. The van der Waals surface area contributed by atoms with Crippen molar-refractivity contribution in [1.29, 1.82) is 0 Å². The number of nitrogens with one attached hydrogen (secondary N) is 1. The second kappa shape index (κ2) is 8.05. The lowest BCUT2D eigenvalue weighted by molar-refractivity contribution is -0.0785. The average molecular weight is 255 g/mol. The van der Waals surface area contributed by atoms with Crippen molar-refractivity contribution in [2.45, 2.75) is 32.3 Å². The van der Waals surface area contributed by atoms with Crippen LogP contribution in [-0.2, 0) is 18.0 Å². The number of methoxy groups -OCH3 is 1. The summed E-state index contributed by atoms with van der Waals surface area (Å²) in [6.45, 7) is 0.593. The van der Waals surface area contributed by atoms with Crippen molar-refractivity contribution in [1.82, 2.24) is 0 Å². The number of ether oxygens (including phenoxy) is 1. The van der Waals surface area contributed by atoms with E-state index in [9.17, 15) is 5.11 Å². The molecule has 0 fully saturated rings. The summed E-state index contributed by atoms with van der Waals surface area (Å²) in [7, 11) is 1.47. The number of hydrogen-bond donors (Lipinski definition) is 4. The van der Waals surface area contributed by atoms with E-state index in [2.05, 4.69) is 5.32 Å². The Kier molecular flexibility index (Phi) is 6.67. The summed E-state index contributed by atoms with van der Waals surface area (Å²) in [5, 5.41) is 30.6. The van der Waals surface area contributed by atoms with Gasteiger partial charge in [-0.3, -0.25) is 0 Å². The first kappa shape index (κ1) is 14.9. The van der Waals surface area contributed by atoms with Crippen molar-refractivity contribution in [2.24, 2.45) is 0 Å². The third-order valence-corrected chi connectivity index (χ3v) is 2.65. The molecule has 102 valence electrons. The molecule has 0 radical (unpaired) electrons. The van der Waals surface area contributed by atoms with E-state index in [0.29, 0.717) is 13.0 Å². The van der Waals surface area contributed by atoms with Crippen molar-refractivity contribution in [2.75, 3.05) is 19.0 Å². The van der Waals surface area contributed by atoms with Gasteiger partial charge < -0.3 is 25.4 Å². The molecule has 0 bridgehead atoms. The molecule has 5 heteroatoms. The Bertz CT molecular complexity index is 335. The fraction of sp³-hybridized carbons (Fsp3) is 0.538. The molecule has 0 heterocycles. The number of benzene rings is 1. The molecular weight excluding hydrogens is 234 g/mol. The Morgan fingerprint density at radius 3 is 2.28 bits per heavy atom. The third kappa shape index (κ3) is 5.01. The highest BCUT2D eigenvalue weighted by molar-refractivity contribution is 5.48. The van der Waals surface area contributed by atoms with Crippen molar-refractivity contribution in [3.63, 3.8) is 0 Å². The van der Waals surface area contributed by atoms with E-state index in [1.807, 2.05) is 12.1 Å². The van der Waals surface area contributed by atoms with Crippen LogP contribution in [-0.4, -0.2) is 35.3 Å². The van der Waals surface area contributed by atoms with Crippen LogP contribution in [0.2, 0.25) is 0 Å². The molecule has 5 nitrogen and oxygen atoms in total. The summed E-state index contributed by atoms with van der Waals surface area (Å²) in [5.41, 5.74) is 2.39. The number of anilines is 1. The van der Waals surface area contributed by atoms with E-state index in [4.69, 9.17) is 14.9 Å². The lowest BCUT2D eigenvalue weighted by atomic mass is 10.1. The highest BCUT2D eigenvalue weighted by Gasteiger charge is 2.02. The van der Waals surface area contributed by atoms with Crippen LogP contribution < -0.4 is 5.32 Å². The van der Waals surface area contributed by atoms with E-state index in [0.717, 1.165) is 23.2 Å². The van der Waals surface area contributed by atoms with Crippen LogP contribution in [0.3, 0.4) is 0 Å². The Morgan fingerprint density at radius 1 is 1.17 bits per heavy atom. The van der Waals surface area contributed by atoms with Crippen LogP contribution in [0.4, 0.5) is 5.69 Å². The standard InChI is InChI=1S/C13H21NO4/c1-18-13(17)3-2-4-14-12-6-10(8-15)5-11(7-12)9-16/h5-7,13-17H,2-4,8-9H2,1H3. The molecule has 1 unspecified atom stereocenters.